The normalized spacial score (nSPS) is 11.4. The fraction of sp³-hybridized carbons (Fsp3) is 0.733. The summed E-state index contributed by atoms with van der Waals surface area (Å²) in [5, 5.41) is 3.30. The van der Waals surface area contributed by atoms with Crippen LogP contribution in [0.15, 0.2) is 10.5 Å². The van der Waals surface area contributed by atoms with Gasteiger partial charge in [0.15, 0.2) is 0 Å². The van der Waals surface area contributed by atoms with Gasteiger partial charge in [-0.3, -0.25) is 4.90 Å². The predicted molar refractivity (Wildman–Crippen MR) is 78.3 cm³/mol. The molecule has 0 fully saturated rings. The number of furan rings is 1. The van der Waals surface area contributed by atoms with Gasteiger partial charge in [-0.05, 0) is 38.6 Å². The minimum absolute atomic E-state index is 0.782. The number of hydrogen-bond acceptors (Lipinski definition) is 4. The highest BCUT2D eigenvalue weighted by molar-refractivity contribution is 5.20. The van der Waals surface area contributed by atoms with E-state index in [9.17, 15) is 0 Å². The number of rotatable bonds is 10. The highest BCUT2D eigenvalue weighted by atomic mass is 16.5. The summed E-state index contributed by atoms with van der Waals surface area (Å²) >= 11 is 0. The molecule has 0 aliphatic carbocycles. The van der Waals surface area contributed by atoms with Crippen LogP contribution in [-0.4, -0.2) is 37.7 Å². The lowest BCUT2D eigenvalue weighted by Gasteiger charge is -2.18. The fourth-order valence-corrected chi connectivity index (χ4v) is 1.99. The highest BCUT2D eigenvalue weighted by Crippen LogP contribution is 2.16. The lowest BCUT2D eigenvalue weighted by molar-refractivity contribution is 0.110. The van der Waals surface area contributed by atoms with Gasteiger partial charge < -0.3 is 14.5 Å². The smallest absolute Gasteiger partial charge is 0.120 e. The molecule has 0 amide bonds. The Labute approximate surface area is 117 Å². The largest absolute Gasteiger partial charge is 0.463 e. The van der Waals surface area contributed by atoms with E-state index in [2.05, 4.69) is 37.1 Å². The van der Waals surface area contributed by atoms with Gasteiger partial charge in [-0.25, -0.2) is 0 Å². The van der Waals surface area contributed by atoms with Crippen molar-refractivity contribution in [1.29, 1.82) is 0 Å². The molecule has 110 valence electrons. The second kappa shape index (κ2) is 9.13. The van der Waals surface area contributed by atoms with Crippen molar-refractivity contribution in [3.05, 3.63) is 23.2 Å². The van der Waals surface area contributed by atoms with E-state index in [0.29, 0.717) is 0 Å². The highest BCUT2D eigenvalue weighted by Gasteiger charge is 2.10. The Balaban J connectivity index is 2.49. The molecule has 0 aromatic carbocycles. The monoisotopic (exact) mass is 268 g/mol. The zero-order valence-corrected chi connectivity index (χ0v) is 12.8. The zero-order valence-electron chi connectivity index (χ0n) is 12.8. The van der Waals surface area contributed by atoms with E-state index < -0.39 is 0 Å². The number of hydrogen-bond donors (Lipinski definition) is 1. The lowest BCUT2D eigenvalue weighted by atomic mass is 10.2. The Hall–Kier alpha value is -0.840. The Kier molecular flexibility index (Phi) is 7.79. The maximum atomic E-state index is 5.91. The van der Waals surface area contributed by atoms with Crippen LogP contribution in [0.4, 0.5) is 0 Å². The van der Waals surface area contributed by atoms with E-state index in [4.69, 9.17) is 9.15 Å². The van der Waals surface area contributed by atoms with Gasteiger partial charge in [-0.2, -0.15) is 0 Å². The first-order chi connectivity index (χ1) is 9.21. The molecule has 1 rings (SSSR count). The van der Waals surface area contributed by atoms with Crippen LogP contribution in [0, 0.1) is 6.92 Å². The van der Waals surface area contributed by atoms with E-state index in [-0.39, 0.29) is 0 Å². The first kappa shape index (κ1) is 16.2. The summed E-state index contributed by atoms with van der Waals surface area (Å²) < 4.78 is 11.3. The van der Waals surface area contributed by atoms with Crippen LogP contribution in [-0.2, 0) is 17.8 Å². The Bertz CT molecular complexity index is 350. The first-order valence-electron chi connectivity index (χ1n) is 7.30. The van der Waals surface area contributed by atoms with Gasteiger partial charge in [0.1, 0.15) is 11.5 Å². The average molecular weight is 268 g/mol. The van der Waals surface area contributed by atoms with Crippen molar-refractivity contribution in [1.82, 2.24) is 10.2 Å². The predicted octanol–water partition coefficient (Wildman–Crippen LogP) is 2.56. The standard InChI is InChI=1S/C15H28N2O2/c1-5-16-11-15-13(4)10-14(19-15)12-17(6-2)8-9-18-7-3/h10,16H,5-9,11-12H2,1-4H3. The van der Waals surface area contributed by atoms with Crippen molar-refractivity contribution < 1.29 is 9.15 Å². The molecule has 0 bridgehead atoms. The molecule has 0 spiro atoms. The summed E-state index contributed by atoms with van der Waals surface area (Å²) in [5.41, 5.74) is 1.23. The molecule has 0 aliphatic heterocycles. The number of aryl methyl sites for hydroxylation is 1. The van der Waals surface area contributed by atoms with E-state index in [1.807, 2.05) is 6.92 Å². The number of nitrogens with one attached hydrogen (secondary N) is 1. The van der Waals surface area contributed by atoms with Crippen LogP contribution in [0.1, 0.15) is 37.9 Å². The number of likely N-dealkylation sites (N-methyl/N-ethyl adjacent to an activating group) is 1. The Morgan fingerprint density at radius 1 is 1.32 bits per heavy atom. The quantitative estimate of drug-likeness (QED) is 0.662. The van der Waals surface area contributed by atoms with Gasteiger partial charge in [0.25, 0.3) is 0 Å². The van der Waals surface area contributed by atoms with Crippen LogP contribution < -0.4 is 5.32 Å². The third kappa shape index (κ3) is 5.76. The van der Waals surface area contributed by atoms with E-state index in [1.54, 1.807) is 0 Å². The topological polar surface area (TPSA) is 37.6 Å². The molecule has 0 atom stereocenters. The Morgan fingerprint density at radius 3 is 2.74 bits per heavy atom. The summed E-state index contributed by atoms with van der Waals surface area (Å²) in [6.07, 6.45) is 0. The van der Waals surface area contributed by atoms with Crippen LogP contribution in [0.5, 0.6) is 0 Å². The molecule has 0 unspecified atom stereocenters. The van der Waals surface area contributed by atoms with Crippen LogP contribution in [0.25, 0.3) is 0 Å². The van der Waals surface area contributed by atoms with E-state index in [1.165, 1.54) is 5.56 Å². The van der Waals surface area contributed by atoms with Crippen molar-refractivity contribution in [3.8, 4) is 0 Å². The summed E-state index contributed by atoms with van der Waals surface area (Å²) in [6.45, 7) is 14.6. The molecule has 1 heterocycles. The molecule has 0 radical (unpaired) electrons. The van der Waals surface area contributed by atoms with Crippen LogP contribution in [0.3, 0.4) is 0 Å². The third-order valence-corrected chi connectivity index (χ3v) is 3.19. The number of ether oxygens (including phenoxy) is 1. The molecular weight excluding hydrogens is 240 g/mol. The molecular formula is C15H28N2O2. The third-order valence-electron chi connectivity index (χ3n) is 3.19. The summed E-state index contributed by atoms with van der Waals surface area (Å²) in [4.78, 5) is 2.34. The summed E-state index contributed by atoms with van der Waals surface area (Å²) in [5.74, 6) is 2.10. The van der Waals surface area contributed by atoms with Crippen LogP contribution >= 0.6 is 0 Å². The van der Waals surface area contributed by atoms with Crippen molar-refractivity contribution in [2.75, 3.05) is 32.8 Å². The minimum atomic E-state index is 0.782. The lowest BCUT2D eigenvalue weighted by Crippen LogP contribution is -2.26. The second-order valence-electron chi connectivity index (χ2n) is 4.66. The first-order valence-corrected chi connectivity index (χ1v) is 7.30. The van der Waals surface area contributed by atoms with Gasteiger partial charge in [-0.15, -0.1) is 0 Å². The molecule has 4 heteroatoms. The number of nitrogens with zero attached hydrogens (tertiary/aromatic N) is 1. The van der Waals surface area contributed by atoms with Crippen molar-refractivity contribution in [2.24, 2.45) is 0 Å². The molecule has 0 aliphatic rings. The Morgan fingerprint density at radius 2 is 2.11 bits per heavy atom. The molecule has 0 saturated carbocycles. The van der Waals surface area contributed by atoms with Crippen molar-refractivity contribution in [3.63, 3.8) is 0 Å². The van der Waals surface area contributed by atoms with Gasteiger partial charge >= 0.3 is 0 Å². The molecule has 1 aromatic rings. The zero-order chi connectivity index (χ0) is 14.1. The second-order valence-corrected chi connectivity index (χ2v) is 4.66. The molecule has 1 N–H and O–H groups in total. The summed E-state index contributed by atoms with van der Waals surface area (Å²) in [6, 6.07) is 2.15. The van der Waals surface area contributed by atoms with E-state index >= 15 is 0 Å². The maximum absolute atomic E-state index is 5.91. The van der Waals surface area contributed by atoms with Gasteiger partial charge in [0, 0.05) is 13.2 Å². The van der Waals surface area contributed by atoms with Crippen molar-refractivity contribution >= 4 is 0 Å². The molecule has 4 nitrogen and oxygen atoms in total. The van der Waals surface area contributed by atoms with Crippen LogP contribution in [0.2, 0.25) is 0 Å². The van der Waals surface area contributed by atoms with Gasteiger partial charge in [0.05, 0.1) is 19.7 Å². The average Bonchev–Trinajstić information content (AvgIpc) is 2.75. The SMILES string of the molecule is CCNCc1oc(CN(CC)CCOCC)cc1C. The van der Waals surface area contributed by atoms with E-state index in [0.717, 1.165) is 57.5 Å². The van der Waals surface area contributed by atoms with Gasteiger partial charge in [0.2, 0.25) is 0 Å². The molecule has 19 heavy (non-hydrogen) atoms. The minimum Gasteiger partial charge on any atom is -0.463 e. The molecule has 1 aromatic heterocycles. The fourth-order valence-electron chi connectivity index (χ4n) is 1.99. The molecule has 0 saturated heterocycles. The van der Waals surface area contributed by atoms with Gasteiger partial charge in [-0.1, -0.05) is 13.8 Å². The summed E-state index contributed by atoms with van der Waals surface area (Å²) in [7, 11) is 0. The van der Waals surface area contributed by atoms with Crippen molar-refractivity contribution in [2.45, 2.75) is 40.8 Å². The maximum Gasteiger partial charge on any atom is 0.120 e.